The van der Waals surface area contributed by atoms with Gasteiger partial charge in [-0.25, -0.2) is 14.4 Å². The molecule has 0 amide bonds. The van der Waals surface area contributed by atoms with Crippen molar-refractivity contribution >= 4 is 17.9 Å². The number of pyridine rings is 1. The quantitative estimate of drug-likeness (QED) is 0.302. The molecule has 9 nitrogen and oxygen atoms in total. The maximum Gasteiger partial charge on any atom is 0.340 e. The molecule has 0 unspecified atom stereocenters. The van der Waals surface area contributed by atoms with E-state index in [0.717, 1.165) is 0 Å². The normalized spacial score (nSPS) is 33.5. The standard InChI is InChI=1S/C35H37NO8/c1-32(2)25-20-27(42-30(38)23-14-9-6-10-15-23)34(4)26(41-29(37)22-12-7-5-8-13-22)17-18-33(3,40)35(34,44-32)28(25)43-31(39)24-16-11-19-36-21-24/h5-16,19,21,25-28,40H,17-18,20H2,1-4H3/t25-,26+,27-,28-,33+,34+,35+/m1/s1. The van der Waals surface area contributed by atoms with E-state index in [0.29, 0.717) is 11.1 Å². The van der Waals surface area contributed by atoms with Gasteiger partial charge in [-0.3, -0.25) is 4.98 Å². The Balaban J connectivity index is 1.47. The van der Waals surface area contributed by atoms with Crippen LogP contribution in [0, 0.1) is 11.3 Å². The third-order valence-electron chi connectivity index (χ3n) is 10.0. The topological polar surface area (TPSA) is 121 Å². The van der Waals surface area contributed by atoms with Crippen molar-refractivity contribution in [1.82, 2.24) is 4.98 Å². The number of carbonyl (C=O) groups is 3. The lowest BCUT2D eigenvalue weighted by molar-refractivity contribution is -0.324. The molecule has 3 fully saturated rings. The molecule has 2 bridgehead atoms. The summed E-state index contributed by atoms with van der Waals surface area (Å²) in [5.41, 5.74) is -4.46. The van der Waals surface area contributed by atoms with Gasteiger partial charge in [0.2, 0.25) is 0 Å². The molecular formula is C35H37NO8. The molecule has 3 aromatic rings. The summed E-state index contributed by atoms with van der Waals surface area (Å²) >= 11 is 0. The van der Waals surface area contributed by atoms with Gasteiger partial charge in [0.1, 0.15) is 23.9 Å². The van der Waals surface area contributed by atoms with Crippen molar-refractivity contribution in [3.05, 3.63) is 102 Å². The van der Waals surface area contributed by atoms with Gasteiger partial charge in [0.15, 0.2) is 0 Å². The SMILES string of the molecule is CC1(C)O[C@]23[C@H](OC(=O)c4cccnc4)[C@H]1C[C@@H](OC(=O)c1ccccc1)[C@]2(C)[C@@H](OC(=O)c1ccccc1)CC[C@]3(C)O. The van der Waals surface area contributed by atoms with Crippen molar-refractivity contribution in [2.24, 2.45) is 11.3 Å². The van der Waals surface area contributed by atoms with E-state index < -0.39 is 64.4 Å². The van der Waals surface area contributed by atoms with Gasteiger partial charge < -0.3 is 24.1 Å². The van der Waals surface area contributed by atoms with Gasteiger partial charge in [-0.15, -0.1) is 0 Å². The second-order valence-electron chi connectivity index (χ2n) is 13.0. The number of esters is 3. The number of aliphatic hydroxyl groups is 1. The van der Waals surface area contributed by atoms with E-state index in [1.807, 2.05) is 26.8 Å². The molecule has 7 atom stereocenters. The van der Waals surface area contributed by atoms with Gasteiger partial charge in [-0.2, -0.15) is 0 Å². The second-order valence-corrected chi connectivity index (χ2v) is 13.0. The fourth-order valence-corrected chi connectivity index (χ4v) is 7.80. The fraction of sp³-hybridized carbons (Fsp3) is 0.429. The molecule has 1 N–H and O–H groups in total. The Bertz CT molecular complexity index is 1540. The second kappa shape index (κ2) is 10.8. The highest BCUT2D eigenvalue weighted by Gasteiger charge is 2.82. The lowest BCUT2D eigenvalue weighted by Crippen LogP contribution is -2.79. The van der Waals surface area contributed by atoms with E-state index in [-0.39, 0.29) is 24.8 Å². The Kier molecular flexibility index (Phi) is 7.37. The number of hydrogen-bond acceptors (Lipinski definition) is 9. The van der Waals surface area contributed by atoms with Crippen LogP contribution in [0.15, 0.2) is 85.2 Å². The summed E-state index contributed by atoms with van der Waals surface area (Å²) in [4.78, 5) is 44.6. The Labute approximate surface area is 256 Å². The van der Waals surface area contributed by atoms with Gasteiger partial charge >= 0.3 is 17.9 Å². The summed E-state index contributed by atoms with van der Waals surface area (Å²) in [5.74, 6) is -2.19. The molecule has 2 heterocycles. The van der Waals surface area contributed by atoms with E-state index in [1.165, 1.54) is 6.20 Å². The van der Waals surface area contributed by atoms with Crippen LogP contribution in [0.5, 0.6) is 0 Å². The Hall–Kier alpha value is -4.08. The first-order chi connectivity index (χ1) is 20.9. The molecule has 1 aliphatic heterocycles. The number of rotatable bonds is 6. The summed E-state index contributed by atoms with van der Waals surface area (Å²) in [6, 6.07) is 20.5. The molecule has 1 spiro atoms. The van der Waals surface area contributed by atoms with Crippen molar-refractivity contribution in [1.29, 1.82) is 0 Å². The number of ether oxygens (including phenoxy) is 4. The van der Waals surface area contributed by atoms with Crippen LogP contribution >= 0.6 is 0 Å². The van der Waals surface area contributed by atoms with Crippen molar-refractivity contribution in [2.45, 2.75) is 82.1 Å². The zero-order valence-corrected chi connectivity index (χ0v) is 25.3. The molecule has 2 saturated carbocycles. The average molecular weight is 600 g/mol. The molecule has 0 radical (unpaired) electrons. The van der Waals surface area contributed by atoms with Gasteiger partial charge in [0.25, 0.3) is 0 Å². The van der Waals surface area contributed by atoms with E-state index in [4.69, 9.17) is 18.9 Å². The van der Waals surface area contributed by atoms with Crippen LogP contribution in [0.4, 0.5) is 0 Å². The highest BCUT2D eigenvalue weighted by atomic mass is 16.6. The average Bonchev–Trinajstić information content (AvgIpc) is 3.20. The van der Waals surface area contributed by atoms with Crippen LogP contribution in [-0.2, 0) is 18.9 Å². The van der Waals surface area contributed by atoms with Gasteiger partial charge in [0.05, 0.1) is 33.3 Å². The third-order valence-corrected chi connectivity index (χ3v) is 10.0. The van der Waals surface area contributed by atoms with E-state index >= 15 is 0 Å². The number of nitrogens with zero attached hydrogens (tertiary/aromatic N) is 1. The highest BCUT2D eigenvalue weighted by molar-refractivity contribution is 5.90. The first-order valence-electron chi connectivity index (χ1n) is 15.0. The molecule has 2 aromatic carbocycles. The van der Waals surface area contributed by atoms with Crippen molar-refractivity contribution in [3.63, 3.8) is 0 Å². The van der Waals surface area contributed by atoms with Crippen molar-refractivity contribution < 1.29 is 38.4 Å². The number of fused-ring (bicyclic) bond motifs is 1. The summed E-state index contributed by atoms with van der Waals surface area (Å²) in [6.45, 7) is 7.24. The van der Waals surface area contributed by atoms with E-state index in [9.17, 15) is 19.5 Å². The monoisotopic (exact) mass is 599 g/mol. The van der Waals surface area contributed by atoms with E-state index in [2.05, 4.69) is 4.98 Å². The smallest absolute Gasteiger partial charge is 0.340 e. The molecule has 6 rings (SSSR count). The minimum absolute atomic E-state index is 0.179. The molecular weight excluding hydrogens is 562 g/mol. The first-order valence-corrected chi connectivity index (χ1v) is 15.0. The van der Waals surface area contributed by atoms with Crippen LogP contribution < -0.4 is 0 Å². The van der Waals surface area contributed by atoms with E-state index in [1.54, 1.807) is 79.9 Å². The molecule has 3 aliphatic rings. The minimum atomic E-state index is -1.62. The van der Waals surface area contributed by atoms with Crippen molar-refractivity contribution in [2.75, 3.05) is 0 Å². The summed E-state index contributed by atoms with van der Waals surface area (Å²) in [5, 5.41) is 12.3. The molecule has 44 heavy (non-hydrogen) atoms. The lowest BCUT2D eigenvalue weighted by atomic mass is 9.47. The third kappa shape index (κ3) is 4.61. The Morgan fingerprint density at radius 3 is 1.89 bits per heavy atom. The first kappa shape index (κ1) is 30.0. The number of hydrogen-bond donors (Lipinski definition) is 1. The summed E-state index contributed by atoms with van der Waals surface area (Å²) < 4.78 is 25.8. The summed E-state index contributed by atoms with van der Waals surface area (Å²) in [6.07, 6.45) is 0.976. The predicted molar refractivity (Wildman–Crippen MR) is 159 cm³/mol. The van der Waals surface area contributed by atoms with Crippen molar-refractivity contribution in [3.8, 4) is 0 Å². The zero-order valence-electron chi connectivity index (χ0n) is 25.3. The fourth-order valence-electron chi connectivity index (χ4n) is 7.80. The Morgan fingerprint density at radius 2 is 1.32 bits per heavy atom. The molecule has 1 aromatic heterocycles. The van der Waals surface area contributed by atoms with Gasteiger partial charge in [-0.1, -0.05) is 36.4 Å². The highest BCUT2D eigenvalue weighted by Crippen LogP contribution is 2.68. The van der Waals surface area contributed by atoms with Gasteiger partial charge in [0, 0.05) is 18.3 Å². The molecule has 230 valence electrons. The Morgan fingerprint density at radius 1 is 0.773 bits per heavy atom. The molecule has 1 saturated heterocycles. The molecule has 9 heteroatoms. The molecule has 2 aliphatic carbocycles. The number of benzene rings is 2. The lowest BCUT2D eigenvalue weighted by Gasteiger charge is -2.64. The van der Waals surface area contributed by atoms with Crippen LogP contribution in [0.25, 0.3) is 0 Å². The maximum absolute atomic E-state index is 13.6. The largest absolute Gasteiger partial charge is 0.458 e. The van der Waals surface area contributed by atoms with Crippen LogP contribution in [0.1, 0.15) is 78.0 Å². The number of aromatic nitrogens is 1. The minimum Gasteiger partial charge on any atom is -0.458 e. The van der Waals surface area contributed by atoms with Crippen LogP contribution in [0.3, 0.4) is 0 Å². The van der Waals surface area contributed by atoms with Gasteiger partial charge in [-0.05, 0) is 83.4 Å². The maximum atomic E-state index is 13.6. The zero-order chi connectivity index (χ0) is 31.3. The summed E-state index contributed by atoms with van der Waals surface area (Å²) in [7, 11) is 0. The van der Waals surface area contributed by atoms with Crippen LogP contribution in [0.2, 0.25) is 0 Å². The van der Waals surface area contributed by atoms with Crippen LogP contribution in [-0.4, -0.2) is 63.1 Å². The number of carbonyl (C=O) groups excluding carboxylic acids is 3. The predicted octanol–water partition coefficient (Wildman–Crippen LogP) is 5.18.